The van der Waals surface area contributed by atoms with Crippen LogP contribution in [0, 0.1) is 0 Å². The van der Waals surface area contributed by atoms with Crippen molar-refractivity contribution < 1.29 is 4.79 Å². The van der Waals surface area contributed by atoms with E-state index in [1.54, 1.807) is 0 Å². The van der Waals surface area contributed by atoms with Gasteiger partial charge in [-0.05, 0) is 19.3 Å². The first-order chi connectivity index (χ1) is 8.83. The molecule has 1 aliphatic rings. The molecule has 0 saturated heterocycles. The van der Waals surface area contributed by atoms with Crippen LogP contribution >= 0.6 is 12.4 Å². The fraction of sp³-hybridized carbons (Fsp3) is 0.933. The average Bonchev–Trinajstić information content (AvgIpc) is 2.63. The molecule has 19 heavy (non-hydrogen) atoms. The molecule has 1 rings (SSSR count). The second kappa shape index (κ2) is 12.7. The quantitative estimate of drug-likeness (QED) is 0.531. The molecule has 2 N–H and O–H groups in total. The summed E-state index contributed by atoms with van der Waals surface area (Å²) in [6, 6.07) is 0.685. The van der Waals surface area contributed by atoms with E-state index in [2.05, 4.69) is 17.6 Å². The van der Waals surface area contributed by atoms with E-state index in [-0.39, 0.29) is 18.3 Å². The maximum absolute atomic E-state index is 11.5. The largest absolute Gasteiger partial charge is 0.355 e. The standard InChI is InChI=1S/C15H30N2O.ClH/c1-2-3-6-11-15(18)17-13-12-16-14-9-7-4-5-8-10-14;/h14,16H,2-13H2,1H3,(H,17,18);1H. The highest BCUT2D eigenvalue weighted by atomic mass is 35.5. The number of halogens is 1. The molecule has 0 aliphatic heterocycles. The van der Waals surface area contributed by atoms with Gasteiger partial charge < -0.3 is 10.6 Å². The van der Waals surface area contributed by atoms with Crippen molar-refractivity contribution in [2.45, 2.75) is 77.2 Å². The minimum atomic E-state index is 0. The Morgan fingerprint density at radius 2 is 1.74 bits per heavy atom. The van der Waals surface area contributed by atoms with Gasteiger partial charge in [-0.2, -0.15) is 0 Å². The van der Waals surface area contributed by atoms with Crippen LogP contribution < -0.4 is 10.6 Å². The Labute approximate surface area is 124 Å². The highest BCUT2D eigenvalue weighted by Crippen LogP contribution is 2.16. The Bertz CT molecular complexity index is 216. The van der Waals surface area contributed by atoms with Gasteiger partial charge in [0.15, 0.2) is 0 Å². The lowest BCUT2D eigenvalue weighted by Gasteiger charge is -2.16. The van der Waals surface area contributed by atoms with Crippen molar-refractivity contribution in [1.29, 1.82) is 0 Å². The highest BCUT2D eigenvalue weighted by Gasteiger charge is 2.10. The third-order valence-electron chi connectivity index (χ3n) is 3.74. The van der Waals surface area contributed by atoms with Crippen LogP contribution in [0.4, 0.5) is 0 Å². The van der Waals surface area contributed by atoms with Crippen LogP contribution in [0.25, 0.3) is 0 Å². The van der Waals surface area contributed by atoms with E-state index in [4.69, 9.17) is 0 Å². The van der Waals surface area contributed by atoms with Crippen LogP contribution in [0.3, 0.4) is 0 Å². The molecule has 114 valence electrons. The molecular formula is C15H31ClN2O. The van der Waals surface area contributed by atoms with Crippen molar-refractivity contribution >= 4 is 18.3 Å². The molecule has 0 aromatic heterocycles. The molecule has 1 saturated carbocycles. The number of nitrogens with one attached hydrogen (secondary N) is 2. The molecule has 3 nitrogen and oxygen atoms in total. The Kier molecular flexibility index (Phi) is 12.6. The Balaban J connectivity index is 0.00000324. The predicted molar refractivity (Wildman–Crippen MR) is 83.9 cm³/mol. The molecule has 0 aromatic carbocycles. The third-order valence-corrected chi connectivity index (χ3v) is 3.74. The lowest BCUT2D eigenvalue weighted by Crippen LogP contribution is -2.36. The van der Waals surface area contributed by atoms with E-state index in [9.17, 15) is 4.79 Å². The van der Waals surface area contributed by atoms with Crippen molar-refractivity contribution in [3.8, 4) is 0 Å². The Hall–Kier alpha value is -0.280. The molecule has 4 heteroatoms. The predicted octanol–water partition coefficient (Wildman–Crippen LogP) is 3.42. The lowest BCUT2D eigenvalue weighted by molar-refractivity contribution is -0.121. The maximum atomic E-state index is 11.5. The van der Waals surface area contributed by atoms with Crippen LogP contribution in [-0.4, -0.2) is 25.0 Å². The summed E-state index contributed by atoms with van der Waals surface area (Å²) < 4.78 is 0. The van der Waals surface area contributed by atoms with Gasteiger partial charge >= 0.3 is 0 Å². The van der Waals surface area contributed by atoms with Crippen LogP contribution in [0.15, 0.2) is 0 Å². The van der Waals surface area contributed by atoms with Crippen molar-refractivity contribution in [1.82, 2.24) is 10.6 Å². The first-order valence-corrected chi connectivity index (χ1v) is 7.83. The second-order valence-corrected chi connectivity index (χ2v) is 5.45. The Morgan fingerprint density at radius 1 is 1.05 bits per heavy atom. The summed E-state index contributed by atoms with van der Waals surface area (Å²) in [5.41, 5.74) is 0. The van der Waals surface area contributed by atoms with Gasteiger partial charge in [-0.25, -0.2) is 0 Å². The fourth-order valence-electron chi connectivity index (χ4n) is 2.59. The number of amides is 1. The van der Waals surface area contributed by atoms with Gasteiger partial charge in [-0.3, -0.25) is 4.79 Å². The fourth-order valence-corrected chi connectivity index (χ4v) is 2.59. The molecule has 1 fully saturated rings. The molecule has 0 radical (unpaired) electrons. The molecule has 0 bridgehead atoms. The summed E-state index contributed by atoms with van der Waals surface area (Å²) in [4.78, 5) is 11.5. The highest BCUT2D eigenvalue weighted by molar-refractivity contribution is 5.85. The molecule has 1 amide bonds. The monoisotopic (exact) mass is 290 g/mol. The van der Waals surface area contributed by atoms with E-state index < -0.39 is 0 Å². The van der Waals surface area contributed by atoms with Gasteiger partial charge in [0.1, 0.15) is 0 Å². The topological polar surface area (TPSA) is 41.1 Å². The van der Waals surface area contributed by atoms with E-state index >= 15 is 0 Å². The smallest absolute Gasteiger partial charge is 0.220 e. The maximum Gasteiger partial charge on any atom is 0.220 e. The number of carbonyl (C=O) groups excluding carboxylic acids is 1. The average molecular weight is 291 g/mol. The third kappa shape index (κ3) is 10.2. The molecule has 1 aliphatic carbocycles. The molecule has 0 atom stereocenters. The van der Waals surface area contributed by atoms with Gasteiger partial charge in [0.25, 0.3) is 0 Å². The van der Waals surface area contributed by atoms with Gasteiger partial charge in [-0.1, -0.05) is 45.4 Å². The minimum Gasteiger partial charge on any atom is -0.355 e. The van der Waals surface area contributed by atoms with E-state index in [0.717, 1.165) is 25.9 Å². The zero-order valence-electron chi connectivity index (χ0n) is 12.4. The van der Waals surface area contributed by atoms with Crippen molar-refractivity contribution in [3.05, 3.63) is 0 Å². The minimum absolute atomic E-state index is 0. The Morgan fingerprint density at radius 3 is 2.37 bits per heavy atom. The normalized spacial score (nSPS) is 16.5. The molecule has 0 unspecified atom stereocenters. The van der Waals surface area contributed by atoms with Crippen molar-refractivity contribution in [2.24, 2.45) is 0 Å². The number of hydrogen-bond donors (Lipinski definition) is 2. The summed E-state index contributed by atoms with van der Waals surface area (Å²) in [6.07, 6.45) is 12.2. The van der Waals surface area contributed by atoms with Crippen LogP contribution in [0.1, 0.15) is 71.1 Å². The van der Waals surface area contributed by atoms with Gasteiger partial charge in [0.2, 0.25) is 5.91 Å². The summed E-state index contributed by atoms with van der Waals surface area (Å²) >= 11 is 0. The molecular weight excluding hydrogens is 260 g/mol. The van der Waals surface area contributed by atoms with E-state index in [1.165, 1.54) is 44.9 Å². The van der Waals surface area contributed by atoms with Crippen LogP contribution in [0.5, 0.6) is 0 Å². The van der Waals surface area contributed by atoms with E-state index in [0.29, 0.717) is 12.5 Å². The molecule has 0 spiro atoms. The van der Waals surface area contributed by atoms with Crippen LogP contribution in [-0.2, 0) is 4.79 Å². The summed E-state index contributed by atoms with van der Waals surface area (Å²) in [5, 5.41) is 6.56. The van der Waals surface area contributed by atoms with Crippen molar-refractivity contribution in [2.75, 3.05) is 13.1 Å². The zero-order valence-corrected chi connectivity index (χ0v) is 13.2. The second-order valence-electron chi connectivity index (χ2n) is 5.45. The lowest BCUT2D eigenvalue weighted by atomic mass is 10.1. The summed E-state index contributed by atoms with van der Waals surface area (Å²) in [7, 11) is 0. The number of rotatable bonds is 8. The zero-order chi connectivity index (χ0) is 13.1. The van der Waals surface area contributed by atoms with Gasteiger partial charge in [0.05, 0.1) is 0 Å². The molecule has 0 heterocycles. The van der Waals surface area contributed by atoms with E-state index in [1.807, 2.05) is 0 Å². The van der Waals surface area contributed by atoms with Crippen molar-refractivity contribution in [3.63, 3.8) is 0 Å². The van der Waals surface area contributed by atoms with Gasteiger partial charge in [0, 0.05) is 25.6 Å². The first kappa shape index (κ1) is 18.7. The first-order valence-electron chi connectivity index (χ1n) is 7.83. The number of hydrogen-bond acceptors (Lipinski definition) is 2. The summed E-state index contributed by atoms with van der Waals surface area (Å²) in [6.45, 7) is 3.86. The molecule has 0 aromatic rings. The summed E-state index contributed by atoms with van der Waals surface area (Å²) in [5.74, 6) is 0.214. The number of unbranched alkanes of at least 4 members (excludes halogenated alkanes) is 2. The SMILES string of the molecule is CCCCCC(=O)NCCNC1CCCCCC1.Cl. The van der Waals surface area contributed by atoms with Crippen LogP contribution in [0.2, 0.25) is 0 Å². The number of carbonyl (C=O) groups is 1. The van der Waals surface area contributed by atoms with Gasteiger partial charge in [-0.15, -0.1) is 12.4 Å².